The fraction of sp³-hybridized carbons (Fsp3) is 0.370. The van der Waals surface area contributed by atoms with E-state index >= 15 is 0 Å². The van der Waals surface area contributed by atoms with Crippen molar-refractivity contribution in [2.45, 2.75) is 66.2 Å². The minimum Gasteiger partial charge on any atom is -0.261 e. The third-order valence-electron chi connectivity index (χ3n) is 4.06. The summed E-state index contributed by atoms with van der Waals surface area (Å²) in [7, 11) is 0. The van der Waals surface area contributed by atoms with Gasteiger partial charge in [-0.2, -0.15) is 19.2 Å². The number of rotatable bonds is 3. The maximum absolute atomic E-state index is 8.12. The molecule has 0 atom stereocenters. The molecule has 0 unspecified atom stereocenters. The van der Waals surface area contributed by atoms with Gasteiger partial charge in [-0.3, -0.25) is 15.0 Å². The van der Waals surface area contributed by atoms with Gasteiger partial charge in [-0.25, -0.2) is 0 Å². The lowest BCUT2D eigenvalue weighted by molar-refractivity contribution is -0.193. The summed E-state index contributed by atoms with van der Waals surface area (Å²) in [4.78, 5) is 45.2. The zero-order valence-corrected chi connectivity index (χ0v) is 21.1. The van der Waals surface area contributed by atoms with Gasteiger partial charge in [0.1, 0.15) is 0 Å². The zero-order chi connectivity index (χ0) is 26.4. The number of nitrogens with zero attached hydrogens (tertiary/aromatic N) is 3. The van der Waals surface area contributed by atoms with Gasteiger partial charge in [-0.1, -0.05) is 59.7 Å². The molecule has 34 heavy (non-hydrogen) atoms. The molecule has 3 rings (SSSR count). The fourth-order valence-electron chi connectivity index (χ4n) is 2.32. The normalized spacial score (nSPS) is 8.88. The Balaban J connectivity index is 0. The highest BCUT2D eigenvalue weighted by Gasteiger charge is 1.98. The Bertz CT molecular complexity index is 892. The average molecular weight is 466 g/mol. The van der Waals surface area contributed by atoms with Crippen molar-refractivity contribution in [3.8, 4) is 0 Å². The van der Waals surface area contributed by atoms with Crippen molar-refractivity contribution in [2.24, 2.45) is 0 Å². The lowest BCUT2D eigenvalue weighted by Gasteiger charge is -2.03. The van der Waals surface area contributed by atoms with Crippen LogP contribution in [0.25, 0.3) is 0 Å². The highest BCUT2D eigenvalue weighted by atomic mass is 16.2. The van der Waals surface area contributed by atoms with E-state index in [4.69, 9.17) is 19.2 Å². The van der Waals surface area contributed by atoms with E-state index in [-0.39, 0.29) is 12.3 Å². The van der Waals surface area contributed by atoms with Crippen molar-refractivity contribution >= 4 is 12.3 Å². The van der Waals surface area contributed by atoms with Crippen LogP contribution in [0.3, 0.4) is 0 Å². The fourth-order valence-corrected chi connectivity index (χ4v) is 2.32. The highest BCUT2D eigenvalue weighted by Crippen LogP contribution is 2.10. The number of aromatic nitrogens is 3. The molecule has 3 heterocycles. The lowest BCUT2D eigenvalue weighted by Crippen LogP contribution is -1.92. The minimum atomic E-state index is 0.250. The van der Waals surface area contributed by atoms with Crippen LogP contribution in [0, 0.1) is 6.92 Å². The van der Waals surface area contributed by atoms with Crippen LogP contribution in [-0.2, 0) is 19.2 Å². The second kappa shape index (κ2) is 21.1. The van der Waals surface area contributed by atoms with Crippen LogP contribution >= 0.6 is 0 Å². The van der Waals surface area contributed by atoms with E-state index in [1.165, 1.54) is 5.69 Å². The summed E-state index contributed by atoms with van der Waals surface area (Å²) in [5.74, 6) is 1.64. The average Bonchev–Trinajstić information content (AvgIpc) is 2.82. The van der Waals surface area contributed by atoms with Gasteiger partial charge in [0, 0.05) is 35.2 Å². The van der Waals surface area contributed by atoms with E-state index in [1.54, 1.807) is 0 Å². The molecule has 7 nitrogen and oxygen atoms in total. The van der Waals surface area contributed by atoms with Crippen LogP contribution in [0.4, 0.5) is 0 Å². The molecule has 0 aromatic carbocycles. The molecule has 0 saturated heterocycles. The number of carbonyl (C=O) groups excluding carboxylic acids is 4. The van der Waals surface area contributed by atoms with Crippen LogP contribution in [0.15, 0.2) is 67.0 Å². The van der Waals surface area contributed by atoms with Gasteiger partial charge in [-0.05, 0) is 61.1 Å². The van der Waals surface area contributed by atoms with Crippen molar-refractivity contribution in [1.29, 1.82) is 0 Å². The summed E-state index contributed by atoms with van der Waals surface area (Å²) in [5.41, 5.74) is 4.61. The standard InChI is InChI=1S/C9H13N.2C8H11N.2CO2/c1-7(2)9-6-4-5-8(3)10-9;2*1-7(2)8-5-3-4-6-9-8;2*2-1-3/h4-7H,1-3H3;2*3-7H,1-2H3;;. The Hall–Kier alpha value is -3.79. The molecule has 7 heteroatoms. The molecule has 0 saturated carbocycles. The number of hydrogen-bond acceptors (Lipinski definition) is 7. The summed E-state index contributed by atoms with van der Waals surface area (Å²) in [6, 6.07) is 18.1. The third kappa shape index (κ3) is 17.8. The predicted molar refractivity (Wildman–Crippen MR) is 130 cm³/mol. The van der Waals surface area contributed by atoms with Gasteiger partial charge in [0.2, 0.25) is 0 Å². The molecular formula is C27H35N3O4. The topological polar surface area (TPSA) is 107 Å². The Morgan fingerprint density at radius 2 is 0.912 bits per heavy atom. The summed E-state index contributed by atoms with van der Waals surface area (Å²) in [6.45, 7) is 14.9. The van der Waals surface area contributed by atoms with Crippen LogP contribution in [0.5, 0.6) is 0 Å². The molecule has 3 aromatic rings. The molecule has 182 valence electrons. The first-order valence-corrected chi connectivity index (χ1v) is 10.9. The first kappa shape index (κ1) is 32.4. The first-order valence-electron chi connectivity index (χ1n) is 10.9. The SMILES string of the molecule is CC(C)c1ccccn1.CC(C)c1ccccn1.Cc1cccc(C(C)C)n1.O=C=O.O=C=O. The van der Waals surface area contributed by atoms with E-state index in [9.17, 15) is 0 Å². The van der Waals surface area contributed by atoms with Gasteiger partial charge in [0.25, 0.3) is 0 Å². The quantitative estimate of drug-likeness (QED) is 0.484. The maximum atomic E-state index is 8.12. The second-order valence-corrected chi connectivity index (χ2v) is 7.84. The van der Waals surface area contributed by atoms with Gasteiger partial charge in [0.15, 0.2) is 0 Å². The van der Waals surface area contributed by atoms with E-state index < -0.39 is 0 Å². The third-order valence-corrected chi connectivity index (χ3v) is 4.06. The van der Waals surface area contributed by atoms with Crippen LogP contribution in [-0.4, -0.2) is 27.3 Å². The van der Waals surface area contributed by atoms with E-state index in [0.717, 1.165) is 17.1 Å². The summed E-state index contributed by atoms with van der Waals surface area (Å²) >= 11 is 0. The first-order chi connectivity index (χ1) is 16.1. The molecule has 0 aliphatic heterocycles. The lowest BCUT2D eigenvalue weighted by atomic mass is 10.1. The number of hydrogen-bond donors (Lipinski definition) is 0. The molecule has 0 amide bonds. The van der Waals surface area contributed by atoms with E-state index in [1.807, 2.05) is 61.8 Å². The van der Waals surface area contributed by atoms with Gasteiger partial charge < -0.3 is 0 Å². The molecular weight excluding hydrogens is 430 g/mol. The highest BCUT2D eigenvalue weighted by molar-refractivity contribution is 5.20. The van der Waals surface area contributed by atoms with Gasteiger partial charge in [-0.15, -0.1) is 0 Å². The van der Waals surface area contributed by atoms with Crippen molar-refractivity contribution < 1.29 is 19.2 Å². The molecule has 0 bridgehead atoms. The van der Waals surface area contributed by atoms with E-state index in [0.29, 0.717) is 17.8 Å². The van der Waals surface area contributed by atoms with Gasteiger partial charge in [0.05, 0.1) is 0 Å². The molecule has 3 aromatic heterocycles. The molecule has 0 radical (unpaired) electrons. The smallest absolute Gasteiger partial charge is 0.261 e. The maximum Gasteiger partial charge on any atom is 0.373 e. The molecule has 0 aliphatic carbocycles. The number of aryl methyl sites for hydroxylation is 1. The summed E-state index contributed by atoms with van der Waals surface area (Å²) in [6.07, 6.45) is 4.16. The monoisotopic (exact) mass is 465 g/mol. The van der Waals surface area contributed by atoms with Crippen LogP contribution < -0.4 is 0 Å². The van der Waals surface area contributed by atoms with Crippen LogP contribution in [0.2, 0.25) is 0 Å². The van der Waals surface area contributed by atoms with Crippen LogP contribution in [0.1, 0.15) is 82.1 Å². The Morgan fingerprint density at radius 3 is 1.12 bits per heavy atom. The Kier molecular flexibility index (Phi) is 20.1. The Labute approximate surface area is 202 Å². The van der Waals surface area contributed by atoms with Crippen molar-refractivity contribution in [3.63, 3.8) is 0 Å². The van der Waals surface area contributed by atoms with Gasteiger partial charge >= 0.3 is 12.3 Å². The number of pyridine rings is 3. The molecule has 0 spiro atoms. The van der Waals surface area contributed by atoms with Crippen molar-refractivity contribution in [1.82, 2.24) is 15.0 Å². The molecule has 0 fully saturated rings. The van der Waals surface area contributed by atoms with Crippen molar-refractivity contribution in [2.75, 3.05) is 0 Å². The Morgan fingerprint density at radius 1 is 0.559 bits per heavy atom. The summed E-state index contributed by atoms with van der Waals surface area (Å²) in [5, 5.41) is 0. The van der Waals surface area contributed by atoms with E-state index in [2.05, 4.69) is 68.6 Å². The van der Waals surface area contributed by atoms with Crippen molar-refractivity contribution in [3.05, 3.63) is 89.8 Å². The predicted octanol–water partition coefficient (Wildman–Crippen LogP) is 5.76. The molecule has 0 N–H and O–H groups in total. The second-order valence-electron chi connectivity index (χ2n) is 7.84. The largest absolute Gasteiger partial charge is 0.373 e. The zero-order valence-electron chi connectivity index (χ0n) is 21.1. The molecule has 0 aliphatic rings. The minimum absolute atomic E-state index is 0.250. The summed E-state index contributed by atoms with van der Waals surface area (Å²) < 4.78 is 0.